The van der Waals surface area contributed by atoms with Crippen LogP contribution in [0.15, 0.2) is 0 Å². The standard InChI is InChI=1S/C14H30N2O/c1-14(2,3)8-12(9-15)16-13-7-5-4-6-11(13)10-17/h11-13,16-17H,4-10,15H2,1-3H3. The summed E-state index contributed by atoms with van der Waals surface area (Å²) in [6, 6.07) is 0.844. The molecule has 1 rings (SSSR count). The van der Waals surface area contributed by atoms with Crippen LogP contribution in [0.4, 0.5) is 0 Å². The van der Waals surface area contributed by atoms with Crippen molar-refractivity contribution in [2.45, 2.75) is 65.0 Å². The zero-order valence-electron chi connectivity index (χ0n) is 11.7. The summed E-state index contributed by atoms with van der Waals surface area (Å²) in [4.78, 5) is 0. The summed E-state index contributed by atoms with van der Waals surface area (Å²) in [6.07, 6.45) is 5.97. The number of aliphatic hydroxyl groups excluding tert-OH is 1. The van der Waals surface area contributed by atoms with E-state index >= 15 is 0 Å². The van der Waals surface area contributed by atoms with E-state index in [2.05, 4.69) is 26.1 Å². The van der Waals surface area contributed by atoms with Gasteiger partial charge in [-0.2, -0.15) is 0 Å². The third-order valence-electron chi connectivity index (χ3n) is 3.74. The molecule has 0 spiro atoms. The van der Waals surface area contributed by atoms with Crippen LogP contribution in [0.2, 0.25) is 0 Å². The Bertz CT molecular complexity index is 213. The molecule has 0 aromatic heterocycles. The van der Waals surface area contributed by atoms with Crippen LogP contribution < -0.4 is 11.1 Å². The Labute approximate surface area is 106 Å². The highest BCUT2D eigenvalue weighted by Crippen LogP contribution is 2.26. The lowest BCUT2D eigenvalue weighted by Gasteiger charge is -2.36. The van der Waals surface area contributed by atoms with E-state index in [9.17, 15) is 5.11 Å². The fraction of sp³-hybridized carbons (Fsp3) is 1.00. The van der Waals surface area contributed by atoms with Gasteiger partial charge in [-0.05, 0) is 30.6 Å². The van der Waals surface area contributed by atoms with Gasteiger partial charge in [-0.3, -0.25) is 0 Å². The first-order valence-electron chi connectivity index (χ1n) is 7.03. The minimum absolute atomic E-state index is 0.306. The smallest absolute Gasteiger partial charge is 0.0474 e. The molecule has 1 aliphatic rings. The van der Waals surface area contributed by atoms with Crippen LogP contribution in [0.5, 0.6) is 0 Å². The summed E-state index contributed by atoms with van der Waals surface area (Å²) < 4.78 is 0. The molecule has 1 fully saturated rings. The predicted octanol–water partition coefficient (Wildman–Crippen LogP) is 1.89. The molecule has 0 aromatic carbocycles. The Morgan fingerprint density at radius 3 is 2.47 bits per heavy atom. The van der Waals surface area contributed by atoms with Gasteiger partial charge in [-0.25, -0.2) is 0 Å². The first-order chi connectivity index (χ1) is 7.96. The molecular formula is C14H30N2O. The summed E-state index contributed by atoms with van der Waals surface area (Å²) in [5, 5.41) is 13.1. The van der Waals surface area contributed by atoms with Crippen molar-refractivity contribution >= 4 is 0 Å². The molecule has 3 heteroatoms. The summed E-state index contributed by atoms with van der Waals surface area (Å²) in [7, 11) is 0. The molecule has 0 aromatic rings. The molecule has 1 saturated carbocycles. The van der Waals surface area contributed by atoms with Crippen LogP contribution in [0.3, 0.4) is 0 Å². The average Bonchev–Trinajstić information content (AvgIpc) is 2.27. The van der Waals surface area contributed by atoms with E-state index < -0.39 is 0 Å². The third kappa shape index (κ3) is 5.36. The number of aliphatic hydroxyl groups is 1. The summed E-state index contributed by atoms with van der Waals surface area (Å²) in [5.74, 6) is 0.428. The Morgan fingerprint density at radius 2 is 1.94 bits per heavy atom. The second kappa shape index (κ2) is 6.72. The Hall–Kier alpha value is -0.120. The van der Waals surface area contributed by atoms with E-state index in [-0.39, 0.29) is 0 Å². The van der Waals surface area contributed by atoms with E-state index in [1.165, 1.54) is 19.3 Å². The molecule has 0 saturated heterocycles. The second-order valence-electron chi connectivity index (χ2n) is 6.70. The van der Waals surface area contributed by atoms with Gasteiger partial charge in [0.25, 0.3) is 0 Å². The van der Waals surface area contributed by atoms with Crippen molar-refractivity contribution in [2.75, 3.05) is 13.2 Å². The SMILES string of the molecule is CC(C)(C)CC(CN)NC1CCCCC1CO. The van der Waals surface area contributed by atoms with Gasteiger partial charge in [-0.1, -0.05) is 33.6 Å². The van der Waals surface area contributed by atoms with Gasteiger partial charge in [0.05, 0.1) is 0 Å². The molecule has 0 heterocycles. The van der Waals surface area contributed by atoms with Crippen LogP contribution in [-0.4, -0.2) is 30.3 Å². The van der Waals surface area contributed by atoms with Gasteiger partial charge < -0.3 is 16.2 Å². The number of nitrogens with one attached hydrogen (secondary N) is 1. The largest absolute Gasteiger partial charge is 0.396 e. The lowest BCUT2D eigenvalue weighted by atomic mass is 9.83. The van der Waals surface area contributed by atoms with Gasteiger partial charge in [0.1, 0.15) is 0 Å². The van der Waals surface area contributed by atoms with Gasteiger partial charge in [0.15, 0.2) is 0 Å². The molecular weight excluding hydrogens is 212 g/mol. The van der Waals surface area contributed by atoms with Crippen LogP contribution in [0.1, 0.15) is 52.9 Å². The molecule has 4 N–H and O–H groups in total. The first-order valence-corrected chi connectivity index (χ1v) is 7.03. The van der Waals surface area contributed by atoms with Crippen LogP contribution in [0, 0.1) is 11.3 Å². The van der Waals surface area contributed by atoms with Crippen molar-refractivity contribution < 1.29 is 5.11 Å². The van der Waals surface area contributed by atoms with E-state index in [0.29, 0.717) is 36.6 Å². The van der Waals surface area contributed by atoms with E-state index in [1.807, 2.05) is 0 Å². The highest BCUT2D eigenvalue weighted by atomic mass is 16.3. The molecule has 0 bridgehead atoms. The number of rotatable bonds is 5. The predicted molar refractivity (Wildman–Crippen MR) is 72.9 cm³/mol. The van der Waals surface area contributed by atoms with Crippen molar-refractivity contribution in [3.63, 3.8) is 0 Å². The summed E-state index contributed by atoms with van der Waals surface area (Å²) in [6.45, 7) is 7.75. The minimum atomic E-state index is 0.306. The van der Waals surface area contributed by atoms with E-state index in [4.69, 9.17) is 5.73 Å². The van der Waals surface area contributed by atoms with Crippen molar-refractivity contribution in [2.24, 2.45) is 17.1 Å². The van der Waals surface area contributed by atoms with Crippen molar-refractivity contribution in [1.82, 2.24) is 5.32 Å². The molecule has 0 aliphatic heterocycles. The lowest BCUT2D eigenvalue weighted by Crippen LogP contribution is -2.49. The number of hydrogen-bond acceptors (Lipinski definition) is 3. The molecule has 17 heavy (non-hydrogen) atoms. The Morgan fingerprint density at radius 1 is 1.29 bits per heavy atom. The molecule has 0 amide bonds. The summed E-state index contributed by atoms with van der Waals surface area (Å²) >= 11 is 0. The number of nitrogens with two attached hydrogens (primary N) is 1. The van der Waals surface area contributed by atoms with Crippen molar-refractivity contribution in [3.8, 4) is 0 Å². The quantitative estimate of drug-likeness (QED) is 0.690. The average molecular weight is 242 g/mol. The van der Waals surface area contributed by atoms with Crippen LogP contribution >= 0.6 is 0 Å². The molecule has 102 valence electrons. The minimum Gasteiger partial charge on any atom is -0.396 e. The maximum absolute atomic E-state index is 9.41. The lowest BCUT2D eigenvalue weighted by molar-refractivity contribution is 0.140. The van der Waals surface area contributed by atoms with E-state index in [1.54, 1.807) is 0 Å². The highest BCUT2D eigenvalue weighted by Gasteiger charge is 2.27. The van der Waals surface area contributed by atoms with Gasteiger partial charge >= 0.3 is 0 Å². The maximum atomic E-state index is 9.41. The number of hydrogen-bond donors (Lipinski definition) is 3. The molecule has 1 aliphatic carbocycles. The molecule has 3 unspecified atom stereocenters. The highest BCUT2D eigenvalue weighted by molar-refractivity contribution is 4.85. The van der Waals surface area contributed by atoms with Gasteiger partial charge in [-0.15, -0.1) is 0 Å². The van der Waals surface area contributed by atoms with Crippen LogP contribution in [-0.2, 0) is 0 Å². The zero-order valence-corrected chi connectivity index (χ0v) is 11.7. The molecule has 3 atom stereocenters. The van der Waals surface area contributed by atoms with Gasteiger partial charge in [0, 0.05) is 25.2 Å². The maximum Gasteiger partial charge on any atom is 0.0474 e. The van der Waals surface area contributed by atoms with Crippen molar-refractivity contribution in [1.29, 1.82) is 0 Å². The molecule has 0 radical (unpaired) electrons. The Kier molecular flexibility index (Phi) is 5.90. The fourth-order valence-electron chi connectivity index (χ4n) is 2.90. The van der Waals surface area contributed by atoms with E-state index in [0.717, 1.165) is 12.8 Å². The van der Waals surface area contributed by atoms with Gasteiger partial charge in [0.2, 0.25) is 0 Å². The summed E-state index contributed by atoms with van der Waals surface area (Å²) in [5.41, 5.74) is 6.16. The zero-order chi connectivity index (χ0) is 12.9. The third-order valence-corrected chi connectivity index (χ3v) is 3.74. The van der Waals surface area contributed by atoms with Crippen molar-refractivity contribution in [3.05, 3.63) is 0 Å². The fourth-order valence-corrected chi connectivity index (χ4v) is 2.90. The topological polar surface area (TPSA) is 58.3 Å². The normalized spacial score (nSPS) is 28.1. The second-order valence-corrected chi connectivity index (χ2v) is 6.70. The van der Waals surface area contributed by atoms with Crippen LogP contribution in [0.25, 0.3) is 0 Å². The first kappa shape index (κ1) is 14.9. The monoisotopic (exact) mass is 242 g/mol. The molecule has 3 nitrogen and oxygen atoms in total. The Balaban J connectivity index is 2.48.